The van der Waals surface area contributed by atoms with Gasteiger partial charge in [-0.05, 0) is 67.7 Å². The Hall–Kier alpha value is -2.04. The second-order valence-electron chi connectivity index (χ2n) is 8.96. The molecule has 1 saturated heterocycles. The Morgan fingerprint density at radius 1 is 1.26 bits per heavy atom. The Morgan fingerprint density at radius 3 is 2.55 bits per heavy atom. The largest absolute Gasteiger partial charge is 0.434 e. The number of rotatable bonds is 6. The van der Waals surface area contributed by atoms with Gasteiger partial charge in [-0.25, -0.2) is 14.3 Å². The van der Waals surface area contributed by atoms with Crippen LogP contribution in [0.4, 0.5) is 4.39 Å². The van der Waals surface area contributed by atoms with E-state index in [4.69, 9.17) is 4.42 Å². The van der Waals surface area contributed by atoms with Crippen molar-refractivity contribution in [3.63, 3.8) is 0 Å². The number of nitrogens with zero attached hydrogens (tertiary/aromatic N) is 2. The van der Waals surface area contributed by atoms with Crippen LogP contribution in [0.2, 0.25) is 0 Å². The predicted molar refractivity (Wildman–Crippen MR) is 113 cm³/mol. The lowest BCUT2D eigenvalue weighted by atomic mass is 9.79. The first kappa shape index (κ1) is 22.2. The molecule has 1 aliphatic heterocycles. The van der Waals surface area contributed by atoms with E-state index in [1.165, 1.54) is 10.4 Å². The smallest absolute Gasteiger partial charge is 0.391 e. The molecule has 8 nitrogen and oxygen atoms in total. The molecule has 2 N–H and O–H groups in total. The average molecular weight is 453 g/mol. The molecule has 1 saturated carbocycles. The number of nitrogens with one attached hydrogen (secondary N) is 2. The van der Waals surface area contributed by atoms with Crippen molar-refractivity contribution in [3.8, 4) is 0 Å². The van der Waals surface area contributed by atoms with Gasteiger partial charge in [0.1, 0.15) is 11.9 Å². The second kappa shape index (κ2) is 8.48. The summed E-state index contributed by atoms with van der Waals surface area (Å²) in [5.41, 5.74) is 1.98. The summed E-state index contributed by atoms with van der Waals surface area (Å²) in [6.45, 7) is 6.30. The van der Waals surface area contributed by atoms with Crippen molar-refractivity contribution in [1.82, 2.24) is 19.2 Å². The first-order valence-corrected chi connectivity index (χ1v) is 12.2. The summed E-state index contributed by atoms with van der Waals surface area (Å²) in [4.78, 5) is 11.6. The molecule has 10 heteroatoms. The van der Waals surface area contributed by atoms with Gasteiger partial charge in [0, 0.05) is 19.0 Å². The van der Waals surface area contributed by atoms with Crippen molar-refractivity contribution in [2.45, 2.75) is 58.4 Å². The summed E-state index contributed by atoms with van der Waals surface area (Å²) < 4.78 is 50.8. The minimum Gasteiger partial charge on any atom is -0.391 e. The number of H-pyrrole nitrogens is 1. The zero-order valence-corrected chi connectivity index (χ0v) is 18.8. The molecule has 2 fully saturated rings. The van der Waals surface area contributed by atoms with E-state index in [9.17, 15) is 17.6 Å². The van der Waals surface area contributed by atoms with Gasteiger partial charge in [0.15, 0.2) is 0 Å². The molecule has 2 heterocycles. The van der Waals surface area contributed by atoms with E-state index in [0.717, 1.165) is 36.8 Å². The van der Waals surface area contributed by atoms with Crippen LogP contribution in [0.5, 0.6) is 0 Å². The zero-order chi connectivity index (χ0) is 22.3. The zero-order valence-electron chi connectivity index (χ0n) is 18.0. The number of piperidine rings is 1. The van der Waals surface area contributed by atoms with E-state index in [0.29, 0.717) is 30.5 Å². The molecule has 1 aromatic heterocycles. The summed E-state index contributed by atoms with van der Waals surface area (Å²) in [6.07, 6.45) is 4.27. The summed E-state index contributed by atoms with van der Waals surface area (Å²) in [7, 11) is -3.91. The molecule has 1 aliphatic carbocycles. The van der Waals surface area contributed by atoms with Gasteiger partial charge in [-0.3, -0.25) is 0 Å². The molecule has 0 amide bonds. The van der Waals surface area contributed by atoms with Crippen LogP contribution in [0, 0.1) is 31.5 Å². The molecule has 2 bridgehead atoms. The van der Waals surface area contributed by atoms with Crippen molar-refractivity contribution < 1.29 is 17.2 Å². The standard InChI is InChI=1S/C21H29FN4O4S/c1-12-7-8-17(22)18(13(12)2)14(3)19(20-23-24-21(27)30-20)25-31(28,29)26-10-15-5-4-6-16(9-15)11-26/h7-8,14-16,19,25H,4-6,9-11H2,1-3H3,(H,24,27)/t14-,15?,16?,19-/m0/s1. The summed E-state index contributed by atoms with van der Waals surface area (Å²) in [6, 6.07) is 2.01. The van der Waals surface area contributed by atoms with Crippen LogP contribution in [0.15, 0.2) is 21.3 Å². The number of benzene rings is 1. The summed E-state index contributed by atoms with van der Waals surface area (Å²) in [5, 5.41) is 6.04. The van der Waals surface area contributed by atoms with Crippen LogP contribution in [-0.2, 0) is 10.2 Å². The van der Waals surface area contributed by atoms with Gasteiger partial charge in [-0.2, -0.15) is 17.4 Å². The maximum Gasteiger partial charge on any atom is 0.434 e. The normalized spacial score (nSPS) is 24.1. The van der Waals surface area contributed by atoms with Crippen molar-refractivity contribution in [3.05, 3.63) is 51.1 Å². The number of aryl methyl sites for hydroxylation is 1. The van der Waals surface area contributed by atoms with Crippen LogP contribution in [-0.4, -0.2) is 36.0 Å². The van der Waals surface area contributed by atoms with Gasteiger partial charge in [0.25, 0.3) is 10.2 Å². The molecular weight excluding hydrogens is 423 g/mol. The van der Waals surface area contributed by atoms with Crippen molar-refractivity contribution >= 4 is 10.2 Å². The molecule has 0 spiro atoms. The second-order valence-corrected chi connectivity index (χ2v) is 10.7. The average Bonchev–Trinajstić information content (AvgIpc) is 3.15. The fourth-order valence-electron chi connectivity index (χ4n) is 5.09. The lowest BCUT2D eigenvalue weighted by molar-refractivity contribution is 0.142. The van der Waals surface area contributed by atoms with Crippen molar-refractivity contribution in [2.75, 3.05) is 13.1 Å². The van der Waals surface area contributed by atoms with Gasteiger partial charge in [-0.1, -0.05) is 19.4 Å². The number of hydrogen-bond donors (Lipinski definition) is 2. The Morgan fingerprint density at radius 2 is 1.94 bits per heavy atom. The molecule has 2 aliphatic rings. The highest BCUT2D eigenvalue weighted by Crippen LogP contribution is 2.37. The number of aromatic nitrogens is 2. The monoisotopic (exact) mass is 452 g/mol. The summed E-state index contributed by atoms with van der Waals surface area (Å²) >= 11 is 0. The first-order chi connectivity index (χ1) is 14.7. The van der Waals surface area contributed by atoms with E-state index in [1.807, 2.05) is 6.92 Å². The maximum atomic E-state index is 14.8. The molecule has 2 aromatic rings. The van der Waals surface area contributed by atoms with Gasteiger partial charge < -0.3 is 4.42 Å². The third kappa shape index (κ3) is 4.47. The van der Waals surface area contributed by atoms with E-state index >= 15 is 0 Å². The number of fused-ring (bicyclic) bond motifs is 2. The highest BCUT2D eigenvalue weighted by atomic mass is 32.2. The number of aromatic amines is 1. The molecule has 170 valence electrons. The van der Waals surface area contributed by atoms with Gasteiger partial charge in [-0.15, -0.1) is 5.10 Å². The van der Waals surface area contributed by atoms with Crippen LogP contribution < -0.4 is 10.5 Å². The maximum absolute atomic E-state index is 14.8. The van der Waals surface area contributed by atoms with E-state index in [2.05, 4.69) is 14.9 Å². The SMILES string of the molecule is Cc1ccc(F)c([C@H](C)[C@H](NS(=O)(=O)N2CC3CCCC(C3)C2)c2n[nH]c(=O)o2)c1C. The quantitative estimate of drug-likeness (QED) is 0.701. The van der Waals surface area contributed by atoms with Gasteiger partial charge in [0.05, 0.1) is 0 Å². The van der Waals surface area contributed by atoms with Crippen LogP contribution in [0.1, 0.15) is 67.1 Å². The van der Waals surface area contributed by atoms with E-state index < -0.39 is 33.7 Å². The fourth-order valence-corrected chi connectivity index (χ4v) is 6.68. The van der Waals surface area contributed by atoms with Crippen LogP contribution in [0.3, 0.4) is 0 Å². The molecular formula is C21H29FN4O4S. The third-order valence-electron chi connectivity index (χ3n) is 6.84. The topological polar surface area (TPSA) is 108 Å². The Kier molecular flexibility index (Phi) is 6.06. The highest BCUT2D eigenvalue weighted by Gasteiger charge is 2.39. The summed E-state index contributed by atoms with van der Waals surface area (Å²) in [5.74, 6) is -1.28. The highest BCUT2D eigenvalue weighted by molar-refractivity contribution is 7.87. The minimum atomic E-state index is -3.91. The third-order valence-corrected chi connectivity index (χ3v) is 8.37. The molecule has 1 aromatic carbocycles. The lowest BCUT2D eigenvalue weighted by Crippen LogP contribution is -2.51. The van der Waals surface area contributed by atoms with Crippen molar-refractivity contribution in [2.24, 2.45) is 11.8 Å². The Bertz CT molecular complexity index is 1100. The van der Waals surface area contributed by atoms with Crippen LogP contribution in [0.25, 0.3) is 0 Å². The van der Waals surface area contributed by atoms with E-state index in [1.54, 1.807) is 19.9 Å². The Balaban J connectivity index is 1.68. The molecule has 0 radical (unpaired) electrons. The van der Waals surface area contributed by atoms with E-state index in [-0.39, 0.29) is 5.89 Å². The van der Waals surface area contributed by atoms with Crippen LogP contribution >= 0.6 is 0 Å². The Labute approximate surface area is 181 Å². The molecule has 2 unspecified atom stereocenters. The lowest BCUT2D eigenvalue weighted by Gasteiger charge is -2.41. The van der Waals surface area contributed by atoms with Crippen molar-refractivity contribution in [1.29, 1.82) is 0 Å². The number of hydrogen-bond acceptors (Lipinski definition) is 5. The first-order valence-electron chi connectivity index (χ1n) is 10.7. The predicted octanol–water partition coefficient (Wildman–Crippen LogP) is 2.92. The number of halogens is 1. The van der Waals surface area contributed by atoms with Gasteiger partial charge in [0.2, 0.25) is 5.89 Å². The van der Waals surface area contributed by atoms with Gasteiger partial charge >= 0.3 is 5.76 Å². The fraction of sp³-hybridized carbons (Fsp3) is 0.619. The molecule has 31 heavy (non-hydrogen) atoms. The molecule has 4 atom stereocenters. The molecule has 4 rings (SSSR count). The minimum absolute atomic E-state index is 0.112.